The first-order valence-electron chi connectivity index (χ1n) is 18.7. The van der Waals surface area contributed by atoms with Gasteiger partial charge in [-0.2, -0.15) is 0 Å². The molecule has 52 heavy (non-hydrogen) atoms. The SMILES string of the molecule is Cc1cc2c3c(c1)N(c1c(C)cc4c(c1C)OCCCO4)c1c(sc4ccccc14)B3c1cc(C(C)(C)C)ccc1N2c1ccc(C(C)(C)C)cc1. The zero-order valence-electron chi connectivity index (χ0n) is 31.9. The Bertz CT molecular complexity index is 2410. The predicted octanol–water partition coefficient (Wildman–Crippen LogP) is 10.7. The van der Waals surface area contributed by atoms with Gasteiger partial charge in [0.2, 0.25) is 0 Å². The van der Waals surface area contributed by atoms with E-state index >= 15 is 0 Å². The minimum Gasteiger partial charge on any atom is -0.490 e. The van der Waals surface area contributed by atoms with Crippen LogP contribution in [-0.4, -0.2) is 19.9 Å². The van der Waals surface area contributed by atoms with Gasteiger partial charge in [-0.15, -0.1) is 11.3 Å². The minimum atomic E-state index is 0.00638. The summed E-state index contributed by atoms with van der Waals surface area (Å²) in [6, 6.07) is 32.5. The normalized spacial score (nSPS) is 15.0. The monoisotopic (exact) mass is 702 g/mol. The number of thiophene rings is 1. The fourth-order valence-corrected chi connectivity index (χ4v) is 9.94. The number of aryl methyl sites for hydroxylation is 2. The van der Waals surface area contributed by atoms with Crippen LogP contribution in [0.3, 0.4) is 0 Å². The molecule has 0 amide bonds. The van der Waals surface area contributed by atoms with Gasteiger partial charge in [-0.05, 0) is 107 Å². The Balaban J connectivity index is 1.39. The highest BCUT2D eigenvalue weighted by Crippen LogP contribution is 2.52. The van der Waals surface area contributed by atoms with E-state index in [0.717, 1.165) is 23.5 Å². The van der Waals surface area contributed by atoms with Gasteiger partial charge in [0.25, 0.3) is 6.71 Å². The van der Waals surface area contributed by atoms with Crippen LogP contribution in [0.2, 0.25) is 0 Å². The van der Waals surface area contributed by atoms with Crippen LogP contribution in [0.5, 0.6) is 11.5 Å². The van der Waals surface area contributed by atoms with Gasteiger partial charge in [-0.1, -0.05) is 84.0 Å². The van der Waals surface area contributed by atoms with Crippen LogP contribution in [0, 0.1) is 20.8 Å². The molecule has 9 rings (SSSR count). The van der Waals surface area contributed by atoms with Gasteiger partial charge in [0, 0.05) is 49.6 Å². The molecular weight excluding hydrogens is 655 g/mol. The summed E-state index contributed by atoms with van der Waals surface area (Å²) in [6.07, 6.45) is 0.876. The number of rotatable bonds is 2. The Morgan fingerprint density at radius 2 is 1.35 bits per heavy atom. The van der Waals surface area contributed by atoms with Gasteiger partial charge < -0.3 is 19.3 Å². The van der Waals surface area contributed by atoms with Crippen molar-refractivity contribution in [1.82, 2.24) is 0 Å². The van der Waals surface area contributed by atoms with E-state index in [4.69, 9.17) is 9.47 Å². The van der Waals surface area contributed by atoms with Crippen molar-refractivity contribution in [3.63, 3.8) is 0 Å². The van der Waals surface area contributed by atoms with Crippen LogP contribution in [0.15, 0.2) is 84.9 Å². The molecule has 0 aliphatic carbocycles. The molecule has 0 saturated carbocycles. The first kappa shape index (κ1) is 33.2. The second-order valence-corrected chi connectivity index (χ2v) is 18.1. The summed E-state index contributed by atoms with van der Waals surface area (Å²) >= 11 is 1.95. The number of hydrogen-bond acceptors (Lipinski definition) is 5. The summed E-state index contributed by atoms with van der Waals surface area (Å²) in [7, 11) is 0. The maximum atomic E-state index is 6.45. The third-order valence-corrected chi connectivity index (χ3v) is 12.5. The molecule has 0 radical (unpaired) electrons. The molecule has 262 valence electrons. The molecule has 5 aromatic carbocycles. The minimum absolute atomic E-state index is 0.00638. The summed E-state index contributed by atoms with van der Waals surface area (Å²) in [4.78, 5) is 5.11. The van der Waals surface area contributed by atoms with Crippen LogP contribution in [0.1, 0.15) is 75.8 Å². The van der Waals surface area contributed by atoms with E-state index in [1.54, 1.807) is 0 Å². The molecular formula is C46H47BN2O2S. The Morgan fingerprint density at radius 1 is 0.673 bits per heavy atom. The predicted molar refractivity (Wildman–Crippen MR) is 223 cm³/mol. The van der Waals surface area contributed by atoms with E-state index in [2.05, 4.69) is 157 Å². The molecule has 0 bridgehead atoms. The molecule has 6 heteroatoms. The van der Waals surface area contributed by atoms with E-state index in [1.165, 1.54) is 82.2 Å². The van der Waals surface area contributed by atoms with E-state index in [9.17, 15) is 0 Å². The maximum absolute atomic E-state index is 6.45. The number of fused-ring (bicyclic) bond motifs is 7. The summed E-state index contributed by atoms with van der Waals surface area (Å²) in [5.74, 6) is 1.71. The van der Waals surface area contributed by atoms with Crippen molar-refractivity contribution >= 4 is 78.0 Å². The average molecular weight is 703 g/mol. The first-order chi connectivity index (χ1) is 24.8. The number of hydrogen-bond donors (Lipinski definition) is 0. The lowest BCUT2D eigenvalue weighted by Gasteiger charge is -2.44. The lowest BCUT2D eigenvalue weighted by molar-refractivity contribution is 0.296. The Hall–Kier alpha value is -4.68. The lowest BCUT2D eigenvalue weighted by Crippen LogP contribution is -2.60. The van der Waals surface area contributed by atoms with Crippen LogP contribution >= 0.6 is 11.3 Å². The third-order valence-electron chi connectivity index (χ3n) is 11.2. The van der Waals surface area contributed by atoms with Gasteiger partial charge in [-0.25, -0.2) is 0 Å². The van der Waals surface area contributed by atoms with Crippen molar-refractivity contribution in [2.45, 2.75) is 79.6 Å². The molecule has 0 N–H and O–H groups in total. The quantitative estimate of drug-likeness (QED) is 0.168. The number of ether oxygens (including phenoxy) is 2. The largest absolute Gasteiger partial charge is 0.490 e. The summed E-state index contributed by atoms with van der Waals surface area (Å²) < 4.78 is 15.4. The van der Waals surface area contributed by atoms with E-state index in [0.29, 0.717) is 13.2 Å². The highest BCUT2D eigenvalue weighted by Gasteiger charge is 2.46. The van der Waals surface area contributed by atoms with E-state index < -0.39 is 0 Å². The maximum Gasteiger partial charge on any atom is 0.264 e. The van der Waals surface area contributed by atoms with Crippen molar-refractivity contribution < 1.29 is 9.47 Å². The zero-order chi connectivity index (χ0) is 36.3. The molecule has 6 aromatic rings. The van der Waals surface area contributed by atoms with Crippen molar-refractivity contribution in [1.29, 1.82) is 0 Å². The van der Waals surface area contributed by atoms with Gasteiger partial charge in [0.15, 0.2) is 11.5 Å². The summed E-state index contributed by atoms with van der Waals surface area (Å²) in [5, 5.41) is 1.29. The second kappa shape index (κ2) is 11.7. The van der Waals surface area contributed by atoms with Crippen LogP contribution in [-0.2, 0) is 10.8 Å². The number of nitrogens with zero attached hydrogens (tertiary/aromatic N) is 2. The van der Waals surface area contributed by atoms with Crippen LogP contribution < -0.4 is 35.0 Å². The number of benzene rings is 5. The van der Waals surface area contributed by atoms with Gasteiger partial charge in [-0.3, -0.25) is 0 Å². The van der Waals surface area contributed by atoms with Crippen molar-refractivity contribution in [3.05, 3.63) is 113 Å². The molecule has 0 unspecified atom stereocenters. The molecule has 0 fully saturated rings. The molecule has 4 heterocycles. The van der Waals surface area contributed by atoms with Gasteiger partial charge in [0.1, 0.15) is 0 Å². The fourth-order valence-electron chi connectivity index (χ4n) is 8.62. The molecule has 3 aliphatic rings. The smallest absolute Gasteiger partial charge is 0.264 e. The molecule has 0 spiro atoms. The van der Waals surface area contributed by atoms with Crippen LogP contribution in [0.4, 0.5) is 34.1 Å². The van der Waals surface area contributed by atoms with Gasteiger partial charge in [0.05, 0.1) is 24.6 Å². The van der Waals surface area contributed by atoms with E-state index in [-0.39, 0.29) is 17.5 Å². The van der Waals surface area contributed by atoms with Gasteiger partial charge >= 0.3 is 0 Å². The second-order valence-electron chi connectivity index (χ2n) is 17.0. The third kappa shape index (κ3) is 5.01. The topological polar surface area (TPSA) is 24.9 Å². The van der Waals surface area contributed by atoms with E-state index in [1.807, 2.05) is 11.3 Å². The molecule has 0 saturated heterocycles. The molecule has 0 atom stereocenters. The summed E-state index contributed by atoms with van der Waals surface area (Å²) in [6.45, 7) is 21.9. The van der Waals surface area contributed by atoms with Crippen molar-refractivity contribution in [2.75, 3.05) is 23.0 Å². The van der Waals surface area contributed by atoms with Crippen molar-refractivity contribution in [3.8, 4) is 11.5 Å². The highest BCUT2D eigenvalue weighted by molar-refractivity contribution is 7.33. The fraction of sp³-hybridized carbons (Fsp3) is 0.304. The highest BCUT2D eigenvalue weighted by atomic mass is 32.1. The zero-order valence-corrected chi connectivity index (χ0v) is 32.7. The van der Waals surface area contributed by atoms with Crippen molar-refractivity contribution in [2.24, 2.45) is 0 Å². The molecule has 3 aliphatic heterocycles. The molecule has 1 aromatic heterocycles. The lowest BCUT2D eigenvalue weighted by atomic mass is 9.36. The van der Waals surface area contributed by atoms with Crippen LogP contribution in [0.25, 0.3) is 10.1 Å². The summed E-state index contributed by atoms with van der Waals surface area (Å²) in [5.41, 5.74) is 16.4. The molecule has 4 nitrogen and oxygen atoms in total. The standard InChI is InChI=1S/C46H47BN2O2S/c1-27-23-36-40-37(24-27)49(41-28(2)25-38-43(29(41)3)51-22-12-21-50-38)42-33-13-10-11-14-39(33)52-44(42)47(40)34-26-31(46(7,8)9)17-20-35(34)48(36)32-18-15-30(16-19-32)45(4,5)6/h10-11,13-20,23-26H,12,21-22H2,1-9H3. The number of anilines is 6. The Kier molecular flexibility index (Phi) is 7.44. The Morgan fingerprint density at radius 3 is 2.08 bits per heavy atom. The average Bonchev–Trinajstić information content (AvgIpc) is 3.31. The Labute approximate surface area is 313 Å². The first-order valence-corrected chi connectivity index (χ1v) is 19.5.